The van der Waals surface area contributed by atoms with Crippen LogP contribution in [0, 0.1) is 0 Å². The van der Waals surface area contributed by atoms with E-state index in [-0.39, 0.29) is 18.4 Å². The molecule has 1 aliphatic heterocycles. The molecular weight excluding hydrogens is 360 g/mol. The molecule has 2 N–H and O–H groups in total. The fraction of sp³-hybridized carbons (Fsp3) is 0.500. The molecule has 1 saturated heterocycles. The maximum absolute atomic E-state index is 12.4. The van der Waals surface area contributed by atoms with Crippen molar-refractivity contribution in [1.29, 1.82) is 0 Å². The number of nitrogens with zero attached hydrogens (tertiary/aromatic N) is 2. The number of nitrogens with two attached hydrogens (primary N) is 1. The number of rotatable bonds is 4. The Labute approximate surface area is 136 Å². The highest BCUT2D eigenvalue weighted by Crippen LogP contribution is 2.25. The highest BCUT2D eigenvalue weighted by Gasteiger charge is 2.18. The number of ether oxygens (including phenoxy) is 2. The van der Waals surface area contributed by atoms with Gasteiger partial charge in [0.2, 0.25) is 0 Å². The Morgan fingerprint density at radius 2 is 2.36 bits per heavy atom. The van der Waals surface area contributed by atoms with Crippen LogP contribution in [0.4, 0.5) is 8.78 Å². The number of benzene rings is 1. The van der Waals surface area contributed by atoms with E-state index in [0.717, 1.165) is 4.47 Å². The van der Waals surface area contributed by atoms with Gasteiger partial charge in [-0.2, -0.15) is 8.78 Å². The van der Waals surface area contributed by atoms with E-state index in [9.17, 15) is 8.78 Å². The van der Waals surface area contributed by atoms with Gasteiger partial charge in [0.15, 0.2) is 5.96 Å². The minimum Gasteiger partial charge on any atom is -0.434 e. The van der Waals surface area contributed by atoms with Crippen LogP contribution in [0.2, 0.25) is 0 Å². The number of alkyl halides is 2. The third-order valence-corrected chi connectivity index (χ3v) is 3.71. The van der Waals surface area contributed by atoms with Crippen LogP contribution < -0.4 is 10.5 Å². The lowest BCUT2D eigenvalue weighted by Crippen LogP contribution is -2.47. The fourth-order valence-electron chi connectivity index (χ4n) is 2.18. The Bertz CT molecular complexity index is 543. The van der Waals surface area contributed by atoms with E-state index in [4.69, 9.17) is 10.5 Å². The summed E-state index contributed by atoms with van der Waals surface area (Å²) in [7, 11) is 0. The van der Waals surface area contributed by atoms with Crippen molar-refractivity contribution in [3.05, 3.63) is 28.2 Å². The lowest BCUT2D eigenvalue weighted by atomic mass is 10.2. The molecule has 8 heteroatoms. The first kappa shape index (κ1) is 17.0. The molecule has 2 rings (SSSR count). The SMILES string of the molecule is CC1CN(C(N)=NCc2cc(Br)ccc2OC(F)F)CCO1. The van der Waals surface area contributed by atoms with Gasteiger partial charge < -0.3 is 20.1 Å². The van der Waals surface area contributed by atoms with E-state index < -0.39 is 6.61 Å². The summed E-state index contributed by atoms with van der Waals surface area (Å²) in [5, 5.41) is 0. The average molecular weight is 378 g/mol. The Hall–Kier alpha value is -1.41. The maximum Gasteiger partial charge on any atom is 0.387 e. The van der Waals surface area contributed by atoms with E-state index >= 15 is 0 Å². The van der Waals surface area contributed by atoms with Crippen molar-refractivity contribution in [2.45, 2.75) is 26.2 Å². The molecule has 1 atom stereocenters. The summed E-state index contributed by atoms with van der Waals surface area (Å²) in [5.74, 6) is 0.475. The molecule has 5 nitrogen and oxygen atoms in total. The second-order valence-corrected chi connectivity index (χ2v) is 5.85. The second-order valence-electron chi connectivity index (χ2n) is 4.93. The number of morpholine rings is 1. The Kier molecular flexibility index (Phi) is 5.96. The number of hydrogen-bond donors (Lipinski definition) is 1. The van der Waals surface area contributed by atoms with Crippen LogP contribution in [0.1, 0.15) is 12.5 Å². The molecule has 1 heterocycles. The van der Waals surface area contributed by atoms with Crippen molar-refractivity contribution < 1.29 is 18.3 Å². The van der Waals surface area contributed by atoms with Crippen molar-refractivity contribution in [3.8, 4) is 5.75 Å². The summed E-state index contributed by atoms with van der Waals surface area (Å²) in [6, 6.07) is 4.81. The predicted octanol–water partition coefficient (Wildman–Crippen LogP) is 2.59. The number of guanidine groups is 1. The van der Waals surface area contributed by atoms with Crippen LogP contribution in [-0.4, -0.2) is 43.3 Å². The lowest BCUT2D eigenvalue weighted by molar-refractivity contribution is -0.0504. The first-order chi connectivity index (χ1) is 10.5. The monoisotopic (exact) mass is 377 g/mol. The number of aliphatic imine (C=N–C) groups is 1. The van der Waals surface area contributed by atoms with Gasteiger partial charge >= 0.3 is 6.61 Å². The van der Waals surface area contributed by atoms with Gasteiger partial charge in [0.05, 0.1) is 19.3 Å². The van der Waals surface area contributed by atoms with Gasteiger partial charge in [-0.15, -0.1) is 0 Å². The van der Waals surface area contributed by atoms with Gasteiger partial charge in [0.1, 0.15) is 5.75 Å². The highest BCUT2D eigenvalue weighted by atomic mass is 79.9. The Morgan fingerprint density at radius 1 is 1.59 bits per heavy atom. The summed E-state index contributed by atoms with van der Waals surface area (Å²) in [6.45, 7) is 1.17. The summed E-state index contributed by atoms with van der Waals surface area (Å²) < 4.78 is 35.5. The molecule has 0 spiro atoms. The number of hydrogen-bond acceptors (Lipinski definition) is 3. The molecule has 1 unspecified atom stereocenters. The zero-order valence-electron chi connectivity index (χ0n) is 12.1. The van der Waals surface area contributed by atoms with Crippen molar-refractivity contribution in [1.82, 2.24) is 4.90 Å². The standard InChI is InChI=1S/C14H18BrF2N3O2/c1-9-8-20(4-5-21-9)14(18)19-7-10-6-11(15)2-3-12(10)22-13(16)17/h2-3,6,9,13H,4-5,7-8H2,1H3,(H2,18,19). The average Bonchev–Trinajstić information content (AvgIpc) is 2.46. The molecule has 1 aromatic carbocycles. The van der Waals surface area contributed by atoms with E-state index in [2.05, 4.69) is 25.7 Å². The largest absolute Gasteiger partial charge is 0.434 e. The molecule has 0 saturated carbocycles. The molecule has 1 fully saturated rings. The lowest BCUT2D eigenvalue weighted by Gasteiger charge is -2.31. The van der Waals surface area contributed by atoms with Gasteiger partial charge in [-0.1, -0.05) is 15.9 Å². The summed E-state index contributed by atoms with van der Waals surface area (Å²) in [6.07, 6.45) is 0.0890. The van der Waals surface area contributed by atoms with E-state index in [0.29, 0.717) is 31.2 Å². The topological polar surface area (TPSA) is 60.1 Å². The molecule has 0 radical (unpaired) electrons. The minimum absolute atomic E-state index is 0.0890. The first-order valence-electron chi connectivity index (χ1n) is 6.85. The minimum atomic E-state index is -2.87. The van der Waals surface area contributed by atoms with E-state index in [1.807, 2.05) is 11.8 Å². The Morgan fingerprint density at radius 3 is 3.05 bits per heavy atom. The quantitative estimate of drug-likeness (QED) is 0.647. The summed E-state index contributed by atoms with van der Waals surface area (Å²) >= 11 is 3.30. The molecule has 0 bridgehead atoms. The van der Waals surface area contributed by atoms with Gasteiger partial charge in [-0.05, 0) is 25.1 Å². The molecule has 122 valence electrons. The first-order valence-corrected chi connectivity index (χ1v) is 7.64. The van der Waals surface area contributed by atoms with Crippen LogP contribution in [0.25, 0.3) is 0 Å². The molecule has 1 aromatic rings. The fourth-order valence-corrected chi connectivity index (χ4v) is 2.58. The number of halogens is 3. The zero-order valence-corrected chi connectivity index (χ0v) is 13.7. The summed E-state index contributed by atoms with van der Waals surface area (Å²) in [4.78, 5) is 6.20. The molecule has 0 amide bonds. The van der Waals surface area contributed by atoms with Crippen LogP contribution in [0.3, 0.4) is 0 Å². The van der Waals surface area contributed by atoms with Gasteiger partial charge in [0, 0.05) is 23.1 Å². The van der Waals surface area contributed by atoms with Crippen LogP contribution >= 0.6 is 15.9 Å². The van der Waals surface area contributed by atoms with Crippen molar-refractivity contribution in [2.75, 3.05) is 19.7 Å². The third kappa shape index (κ3) is 4.81. The van der Waals surface area contributed by atoms with Gasteiger partial charge in [0.25, 0.3) is 0 Å². The molecule has 0 aliphatic carbocycles. The molecule has 22 heavy (non-hydrogen) atoms. The smallest absolute Gasteiger partial charge is 0.387 e. The van der Waals surface area contributed by atoms with Crippen LogP contribution in [-0.2, 0) is 11.3 Å². The zero-order chi connectivity index (χ0) is 16.1. The normalized spacial score (nSPS) is 19.6. The van der Waals surface area contributed by atoms with E-state index in [1.165, 1.54) is 6.07 Å². The van der Waals surface area contributed by atoms with Crippen LogP contribution in [0.5, 0.6) is 5.75 Å². The van der Waals surface area contributed by atoms with Crippen molar-refractivity contribution in [3.63, 3.8) is 0 Å². The molecule has 0 aromatic heterocycles. The van der Waals surface area contributed by atoms with Gasteiger partial charge in [-0.3, -0.25) is 0 Å². The predicted molar refractivity (Wildman–Crippen MR) is 83.1 cm³/mol. The Balaban J connectivity index is 2.08. The van der Waals surface area contributed by atoms with Crippen LogP contribution in [0.15, 0.2) is 27.7 Å². The molecular formula is C14H18BrF2N3O2. The highest BCUT2D eigenvalue weighted by molar-refractivity contribution is 9.10. The third-order valence-electron chi connectivity index (χ3n) is 3.22. The second kappa shape index (κ2) is 7.73. The summed E-state index contributed by atoms with van der Waals surface area (Å²) in [5.41, 5.74) is 6.51. The molecule has 1 aliphatic rings. The van der Waals surface area contributed by atoms with Crippen molar-refractivity contribution >= 4 is 21.9 Å². The van der Waals surface area contributed by atoms with Crippen molar-refractivity contribution in [2.24, 2.45) is 10.7 Å². The van der Waals surface area contributed by atoms with Gasteiger partial charge in [-0.25, -0.2) is 4.99 Å². The van der Waals surface area contributed by atoms with E-state index in [1.54, 1.807) is 12.1 Å². The maximum atomic E-state index is 12.4.